The highest BCUT2D eigenvalue weighted by atomic mass is 32.2. The zero-order valence-corrected chi connectivity index (χ0v) is 17.6. The second kappa shape index (κ2) is 9.25. The number of benzene rings is 2. The van der Waals surface area contributed by atoms with E-state index in [9.17, 15) is 27.2 Å². The predicted octanol–water partition coefficient (Wildman–Crippen LogP) is 1.68. The maximum Gasteiger partial charge on any atom is 0.264 e. The summed E-state index contributed by atoms with van der Waals surface area (Å²) in [6.07, 6.45) is 0.648. The van der Waals surface area contributed by atoms with Crippen LogP contribution in [0.2, 0.25) is 0 Å². The Bertz CT molecular complexity index is 1090. The topological polar surface area (TPSA) is 113 Å². The predicted molar refractivity (Wildman–Crippen MR) is 111 cm³/mol. The van der Waals surface area contributed by atoms with E-state index < -0.39 is 21.8 Å². The molecule has 2 aromatic carbocycles. The van der Waals surface area contributed by atoms with Crippen molar-refractivity contribution in [1.82, 2.24) is 9.62 Å². The molecule has 0 saturated carbocycles. The van der Waals surface area contributed by atoms with Crippen LogP contribution < -0.4 is 10.0 Å². The third-order valence-corrected chi connectivity index (χ3v) is 6.33. The van der Waals surface area contributed by atoms with E-state index in [-0.39, 0.29) is 35.5 Å². The Labute approximate surface area is 179 Å². The summed E-state index contributed by atoms with van der Waals surface area (Å²) in [5, 5.41) is 2.68. The molecule has 3 amide bonds. The fourth-order valence-electron chi connectivity index (χ4n) is 3.29. The van der Waals surface area contributed by atoms with Crippen LogP contribution in [0.15, 0.2) is 53.4 Å². The number of halogens is 1. The summed E-state index contributed by atoms with van der Waals surface area (Å²) < 4.78 is 38.8. The molecule has 0 radical (unpaired) electrons. The lowest BCUT2D eigenvalue weighted by Gasteiger charge is -2.16. The molecule has 1 saturated heterocycles. The van der Waals surface area contributed by atoms with Gasteiger partial charge in [-0.3, -0.25) is 14.4 Å². The van der Waals surface area contributed by atoms with Gasteiger partial charge >= 0.3 is 0 Å². The summed E-state index contributed by atoms with van der Waals surface area (Å²) >= 11 is 0. The first-order valence-electron chi connectivity index (χ1n) is 9.60. The number of carbonyl (C=O) groups excluding carboxylic acids is 3. The molecule has 3 rings (SSSR count). The molecular weight excluding hydrogens is 425 g/mol. The lowest BCUT2D eigenvalue weighted by Crippen LogP contribution is -2.30. The maximum atomic E-state index is 13.0. The first-order valence-corrected chi connectivity index (χ1v) is 11.1. The fraction of sp³-hybridized carbons (Fsp3) is 0.286. The minimum absolute atomic E-state index is 0.0875. The number of likely N-dealkylation sites (tertiary alicyclic amines) is 1. The van der Waals surface area contributed by atoms with Gasteiger partial charge in [0.15, 0.2) is 0 Å². The van der Waals surface area contributed by atoms with Gasteiger partial charge in [0.2, 0.25) is 17.7 Å². The van der Waals surface area contributed by atoms with Gasteiger partial charge in [0.25, 0.3) is 10.0 Å². The van der Waals surface area contributed by atoms with Crippen molar-refractivity contribution in [2.24, 2.45) is 5.92 Å². The Kier molecular flexibility index (Phi) is 6.69. The van der Waals surface area contributed by atoms with Gasteiger partial charge in [-0.25, -0.2) is 17.5 Å². The van der Waals surface area contributed by atoms with Crippen molar-refractivity contribution in [2.75, 3.05) is 18.4 Å². The molecule has 10 heteroatoms. The summed E-state index contributed by atoms with van der Waals surface area (Å²) in [7, 11) is -3.95. The Balaban J connectivity index is 1.55. The quantitative estimate of drug-likeness (QED) is 0.671. The fourth-order valence-corrected chi connectivity index (χ4v) is 4.28. The van der Waals surface area contributed by atoms with Gasteiger partial charge in [0.1, 0.15) is 5.82 Å². The molecule has 1 aliphatic heterocycles. The van der Waals surface area contributed by atoms with E-state index in [0.717, 1.165) is 12.5 Å². The van der Waals surface area contributed by atoms with Crippen molar-refractivity contribution in [3.8, 4) is 0 Å². The van der Waals surface area contributed by atoms with Crippen molar-refractivity contribution in [3.05, 3.63) is 59.9 Å². The van der Waals surface area contributed by atoms with E-state index in [2.05, 4.69) is 5.32 Å². The minimum Gasteiger partial charge on any atom is -0.342 e. The normalized spacial score (nSPS) is 16.3. The van der Waals surface area contributed by atoms with Crippen LogP contribution in [0.25, 0.3) is 0 Å². The van der Waals surface area contributed by atoms with Gasteiger partial charge in [-0.15, -0.1) is 0 Å². The highest BCUT2D eigenvalue weighted by Crippen LogP contribution is 2.21. The molecule has 8 nitrogen and oxygen atoms in total. The highest BCUT2D eigenvalue weighted by molar-refractivity contribution is 7.90. The number of anilines is 1. The number of amides is 3. The molecular formula is C21H22FN3O5S. The number of hydrogen-bond acceptors (Lipinski definition) is 5. The summed E-state index contributed by atoms with van der Waals surface area (Å²) in [6, 6.07) is 11.4. The molecule has 0 aliphatic carbocycles. The zero-order chi connectivity index (χ0) is 22.6. The molecule has 1 fully saturated rings. The molecule has 2 aromatic rings. The lowest BCUT2D eigenvalue weighted by molar-refractivity contribution is -0.128. The van der Waals surface area contributed by atoms with Crippen LogP contribution in [-0.4, -0.2) is 44.1 Å². The second-order valence-electron chi connectivity index (χ2n) is 7.29. The lowest BCUT2D eigenvalue weighted by atomic mass is 10.1. The van der Waals surface area contributed by atoms with Gasteiger partial charge in [-0.05, 0) is 48.4 Å². The maximum absolute atomic E-state index is 13.0. The highest BCUT2D eigenvalue weighted by Gasteiger charge is 2.34. The summed E-state index contributed by atoms with van der Waals surface area (Å²) in [5.41, 5.74) is 1.28. The largest absolute Gasteiger partial charge is 0.342 e. The summed E-state index contributed by atoms with van der Waals surface area (Å²) in [6.45, 7) is 1.81. The Morgan fingerprint density at radius 2 is 1.74 bits per heavy atom. The van der Waals surface area contributed by atoms with Crippen molar-refractivity contribution < 1.29 is 27.2 Å². The smallest absolute Gasteiger partial charge is 0.264 e. The molecule has 0 aromatic heterocycles. The number of carbonyl (C=O) groups is 3. The van der Waals surface area contributed by atoms with Crippen LogP contribution in [0.5, 0.6) is 0 Å². The van der Waals surface area contributed by atoms with Crippen LogP contribution in [-0.2, 0) is 30.8 Å². The van der Waals surface area contributed by atoms with Crippen LogP contribution in [0.3, 0.4) is 0 Å². The van der Waals surface area contributed by atoms with Gasteiger partial charge in [0, 0.05) is 32.1 Å². The standard InChI is InChI=1S/C21H22FN3O5S/c1-14(26)24-31(29,30)19-8-6-18(7-9-19)23-21(28)16-12-20(27)25(13-16)11-10-15-2-4-17(22)5-3-15/h2-9,16H,10-13H2,1H3,(H,23,28)(H,24,26). The number of rotatable bonds is 7. The Hall–Kier alpha value is -3.27. The SMILES string of the molecule is CC(=O)NS(=O)(=O)c1ccc(NC(=O)C2CC(=O)N(CCc3ccc(F)cc3)C2)cc1. The summed E-state index contributed by atoms with van der Waals surface area (Å²) in [4.78, 5) is 37.3. The Morgan fingerprint density at radius 3 is 2.35 bits per heavy atom. The van der Waals surface area contributed by atoms with Crippen molar-refractivity contribution in [1.29, 1.82) is 0 Å². The van der Waals surface area contributed by atoms with Crippen molar-refractivity contribution >= 4 is 33.4 Å². The van der Waals surface area contributed by atoms with E-state index in [1.54, 1.807) is 17.0 Å². The van der Waals surface area contributed by atoms with E-state index in [1.807, 2.05) is 4.72 Å². The number of hydrogen-bond donors (Lipinski definition) is 2. The van der Waals surface area contributed by atoms with Crippen LogP contribution in [0.4, 0.5) is 10.1 Å². The second-order valence-corrected chi connectivity index (χ2v) is 8.97. The van der Waals surface area contributed by atoms with Gasteiger partial charge < -0.3 is 10.2 Å². The number of nitrogens with zero attached hydrogens (tertiary/aromatic N) is 1. The molecule has 0 spiro atoms. The molecule has 1 atom stereocenters. The first-order chi connectivity index (χ1) is 14.6. The van der Waals surface area contributed by atoms with Gasteiger partial charge in [-0.2, -0.15) is 0 Å². The third-order valence-electron chi connectivity index (χ3n) is 4.88. The first kappa shape index (κ1) is 22.4. The van der Waals surface area contributed by atoms with E-state index >= 15 is 0 Å². The van der Waals surface area contributed by atoms with E-state index in [0.29, 0.717) is 18.7 Å². The van der Waals surface area contributed by atoms with Crippen molar-refractivity contribution in [3.63, 3.8) is 0 Å². The molecule has 0 bridgehead atoms. The number of nitrogens with one attached hydrogen (secondary N) is 2. The van der Waals surface area contributed by atoms with E-state index in [4.69, 9.17) is 0 Å². The van der Waals surface area contributed by atoms with Crippen molar-refractivity contribution in [2.45, 2.75) is 24.7 Å². The molecule has 164 valence electrons. The molecule has 31 heavy (non-hydrogen) atoms. The van der Waals surface area contributed by atoms with Gasteiger partial charge in [-0.1, -0.05) is 12.1 Å². The van der Waals surface area contributed by atoms with Crippen LogP contribution >= 0.6 is 0 Å². The van der Waals surface area contributed by atoms with Crippen LogP contribution in [0, 0.1) is 11.7 Å². The molecule has 1 unspecified atom stereocenters. The zero-order valence-electron chi connectivity index (χ0n) is 16.8. The molecule has 1 heterocycles. The summed E-state index contributed by atoms with van der Waals surface area (Å²) in [5.74, 6) is -2.01. The average molecular weight is 447 g/mol. The molecule has 1 aliphatic rings. The Morgan fingerprint density at radius 1 is 1.10 bits per heavy atom. The van der Waals surface area contributed by atoms with E-state index in [1.165, 1.54) is 36.4 Å². The van der Waals surface area contributed by atoms with Gasteiger partial charge in [0.05, 0.1) is 10.8 Å². The number of sulfonamides is 1. The van der Waals surface area contributed by atoms with Crippen LogP contribution in [0.1, 0.15) is 18.9 Å². The minimum atomic E-state index is -3.95. The monoisotopic (exact) mass is 447 g/mol. The third kappa shape index (κ3) is 5.88. The molecule has 2 N–H and O–H groups in total. The average Bonchev–Trinajstić information content (AvgIpc) is 3.08.